The number of hydrogen-bond donors (Lipinski definition) is 2. The summed E-state index contributed by atoms with van der Waals surface area (Å²) in [6.07, 6.45) is 0.0971. The van der Waals surface area contributed by atoms with Crippen molar-refractivity contribution in [3.05, 3.63) is 11.3 Å². The lowest BCUT2D eigenvalue weighted by Gasteiger charge is -2.54. The molecule has 2 atom stereocenters. The molecule has 0 spiro atoms. The molecule has 170 valence electrons. The fourth-order valence-electron chi connectivity index (χ4n) is 3.04. The molecule has 0 radical (unpaired) electrons. The first-order valence-electron chi connectivity index (χ1n) is 9.40. The number of primary amides is 1. The molecule has 1 fully saturated rings. The van der Waals surface area contributed by atoms with Crippen LogP contribution in [0.1, 0.15) is 27.2 Å². The highest BCUT2D eigenvalue weighted by Gasteiger charge is 2.63. The first-order valence-corrected chi connectivity index (χ1v) is 11.4. The predicted octanol–water partition coefficient (Wildman–Crippen LogP) is -0.547. The summed E-state index contributed by atoms with van der Waals surface area (Å²) in [4.78, 5) is 38.1. The van der Waals surface area contributed by atoms with Crippen molar-refractivity contribution in [2.24, 2.45) is 11.5 Å². The minimum Gasteiger partial charge on any atom is -0.455 e. The van der Waals surface area contributed by atoms with Crippen LogP contribution in [0.3, 0.4) is 0 Å². The van der Waals surface area contributed by atoms with Crippen molar-refractivity contribution in [3.8, 4) is 0 Å². The second-order valence-corrected chi connectivity index (χ2v) is 9.99. The summed E-state index contributed by atoms with van der Waals surface area (Å²) < 4.78 is 12.2. The summed E-state index contributed by atoms with van der Waals surface area (Å²) in [5.74, 6) is -0.785. The van der Waals surface area contributed by atoms with Gasteiger partial charge in [0.25, 0.3) is 5.91 Å². The minimum atomic E-state index is -1.48. The smallest absolute Gasteiger partial charge is 0.355 e. The highest BCUT2D eigenvalue weighted by molar-refractivity contribution is 8.01. The van der Waals surface area contributed by atoms with Gasteiger partial charge >= 0.3 is 5.97 Å². The second kappa shape index (κ2) is 8.76. The number of tetrazole rings is 1. The zero-order valence-electron chi connectivity index (χ0n) is 17.7. The molecule has 3 heterocycles. The van der Waals surface area contributed by atoms with Crippen LogP contribution in [0.2, 0.25) is 0 Å². The normalized spacial score (nSPS) is 23.5. The lowest BCUT2D eigenvalue weighted by atomic mass is 9.99. The van der Waals surface area contributed by atoms with Crippen LogP contribution in [-0.2, 0) is 30.4 Å². The molecule has 2 aliphatic heterocycles. The summed E-state index contributed by atoms with van der Waals surface area (Å²) in [6, 6.07) is 0. The second-order valence-electron chi connectivity index (χ2n) is 7.98. The van der Waals surface area contributed by atoms with Crippen molar-refractivity contribution >= 4 is 41.3 Å². The van der Waals surface area contributed by atoms with Crippen molar-refractivity contribution < 1.29 is 23.9 Å². The number of carbonyl (C=O) groups is 3. The maximum atomic E-state index is 13.0. The van der Waals surface area contributed by atoms with Gasteiger partial charge in [0.15, 0.2) is 0 Å². The number of hydrogen-bond acceptors (Lipinski definition) is 11. The highest BCUT2D eigenvalue weighted by Crippen LogP contribution is 2.46. The van der Waals surface area contributed by atoms with Gasteiger partial charge < -0.3 is 15.2 Å². The van der Waals surface area contributed by atoms with Crippen LogP contribution < -0.4 is 11.5 Å². The number of carbonyl (C=O) groups excluding carboxylic acids is 3. The van der Waals surface area contributed by atoms with Gasteiger partial charge in [-0.15, -0.1) is 16.9 Å². The summed E-state index contributed by atoms with van der Waals surface area (Å²) in [7, 11) is 1.37. The lowest BCUT2D eigenvalue weighted by molar-refractivity contribution is -0.184. The van der Waals surface area contributed by atoms with Gasteiger partial charge in [-0.05, 0) is 36.8 Å². The lowest BCUT2D eigenvalue weighted by Crippen LogP contribution is -2.78. The molecule has 0 saturated carbocycles. The average Bonchev–Trinajstić information content (AvgIpc) is 3.15. The van der Waals surface area contributed by atoms with Crippen LogP contribution in [0.5, 0.6) is 0 Å². The number of aromatic nitrogens is 4. The number of ether oxygens (including phenoxy) is 2. The van der Waals surface area contributed by atoms with Gasteiger partial charge in [-0.1, -0.05) is 11.8 Å². The van der Waals surface area contributed by atoms with Gasteiger partial charge in [0, 0.05) is 25.0 Å². The van der Waals surface area contributed by atoms with E-state index in [2.05, 4.69) is 15.5 Å². The zero-order valence-corrected chi connectivity index (χ0v) is 19.3. The molecule has 1 saturated heterocycles. The molecule has 2 aliphatic rings. The number of nitrogens with two attached hydrogens (primary N) is 2. The number of thioether (sulfide) groups is 2. The Bertz CT molecular complexity index is 928. The molecular formula is C17H25N7O5S2. The largest absolute Gasteiger partial charge is 0.455 e. The van der Waals surface area contributed by atoms with E-state index in [1.54, 1.807) is 20.8 Å². The fraction of sp³-hybridized carbons (Fsp3) is 0.647. The maximum absolute atomic E-state index is 13.0. The van der Waals surface area contributed by atoms with E-state index in [1.807, 2.05) is 0 Å². The third-order valence-electron chi connectivity index (χ3n) is 4.52. The number of rotatable bonds is 8. The summed E-state index contributed by atoms with van der Waals surface area (Å²) in [5, 5.41) is 11.4. The van der Waals surface area contributed by atoms with E-state index in [0.29, 0.717) is 22.2 Å². The third-order valence-corrected chi connectivity index (χ3v) is 6.96. The van der Waals surface area contributed by atoms with E-state index in [9.17, 15) is 14.4 Å². The van der Waals surface area contributed by atoms with Gasteiger partial charge in [0.2, 0.25) is 16.8 Å². The van der Waals surface area contributed by atoms with Crippen molar-refractivity contribution in [1.82, 2.24) is 25.1 Å². The fourth-order valence-corrected chi connectivity index (χ4v) is 5.47. The van der Waals surface area contributed by atoms with Crippen LogP contribution in [0.4, 0.5) is 0 Å². The molecule has 0 bridgehead atoms. The predicted molar refractivity (Wildman–Crippen MR) is 112 cm³/mol. The first-order chi connectivity index (χ1) is 14.5. The van der Waals surface area contributed by atoms with Crippen LogP contribution in [-0.4, -0.2) is 78.2 Å². The van der Waals surface area contributed by atoms with Gasteiger partial charge in [-0.25, -0.2) is 9.48 Å². The SMILES string of the molecule is CO[C@@]1(N)C(=O)N2C(C(=O)OC(C)(C)C)=C(CSc3nnnn3CCC(N)=O)CS[C@@H]21. The number of β-lactam (4-membered cyclic amide) rings is 1. The zero-order chi connectivity index (χ0) is 23.0. The van der Waals surface area contributed by atoms with Gasteiger partial charge in [-0.3, -0.25) is 20.2 Å². The number of amides is 2. The Morgan fingerprint density at radius 2 is 2.10 bits per heavy atom. The Morgan fingerprint density at radius 3 is 2.71 bits per heavy atom. The molecule has 2 amide bonds. The van der Waals surface area contributed by atoms with Crippen LogP contribution >= 0.6 is 23.5 Å². The van der Waals surface area contributed by atoms with Crippen molar-refractivity contribution in [1.29, 1.82) is 0 Å². The third kappa shape index (κ3) is 4.71. The number of methoxy groups -OCH3 is 1. The molecule has 1 aromatic rings. The summed E-state index contributed by atoms with van der Waals surface area (Å²) >= 11 is 2.69. The Kier molecular flexibility index (Phi) is 6.64. The quantitative estimate of drug-likeness (QED) is 0.216. The molecule has 12 nitrogen and oxygen atoms in total. The van der Waals surface area contributed by atoms with E-state index < -0.39 is 34.5 Å². The Morgan fingerprint density at radius 1 is 1.39 bits per heavy atom. The van der Waals surface area contributed by atoms with Crippen molar-refractivity contribution in [2.75, 3.05) is 18.6 Å². The van der Waals surface area contributed by atoms with Crippen molar-refractivity contribution in [2.45, 2.75) is 55.6 Å². The van der Waals surface area contributed by atoms with E-state index in [0.717, 1.165) is 0 Å². The van der Waals surface area contributed by atoms with E-state index in [-0.39, 0.29) is 18.7 Å². The van der Waals surface area contributed by atoms with E-state index >= 15 is 0 Å². The maximum Gasteiger partial charge on any atom is 0.355 e. The Labute approximate surface area is 187 Å². The van der Waals surface area contributed by atoms with Gasteiger partial charge in [0.1, 0.15) is 16.7 Å². The summed E-state index contributed by atoms with van der Waals surface area (Å²) in [5.41, 5.74) is 9.91. The number of aryl methyl sites for hydroxylation is 1. The molecule has 4 N–H and O–H groups in total. The molecule has 0 aromatic carbocycles. The van der Waals surface area contributed by atoms with Crippen molar-refractivity contribution in [3.63, 3.8) is 0 Å². The highest BCUT2D eigenvalue weighted by atomic mass is 32.2. The number of nitrogens with zero attached hydrogens (tertiary/aromatic N) is 5. The molecule has 1 aromatic heterocycles. The van der Waals surface area contributed by atoms with Crippen LogP contribution in [0, 0.1) is 0 Å². The average molecular weight is 472 g/mol. The number of fused-ring (bicyclic) bond motifs is 1. The van der Waals surface area contributed by atoms with Gasteiger partial charge in [0.05, 0.1) is 6.54 Å². The van der Waals surface area contributed by atoms with E-state index in [1.165, 1.54) is 40.2 Å². The van der Waals surface area contributed by atoms with Crippen LogP contribution in [0.15, 0.2) is 16.4 Å². The summed E-state index contributed by atoms with van der Waals surface area (Å²) in [6.45, 7) is 5.50. The molecule has 3 rings (SSSR count). The van der Waals surface area contributed by atoms with Crippen LogP contribution in [0.25, 0.3) is 0 Å². The Hall–Kier alpha value is -2.16. The molecule has 31 heavy (non-hydrogen) atoms. The van der Waals surface area contributed by atoms with Gasteiger partial charge in [-0.2, -0.15) is 0 Å². The first kappa shape index (κ1) is 23.5. The standard InChI is InChI=1S/C17H25N7O5S2/c1-16(2,3)29-12(26)11-9(7-30-14-17(19,28-4)13(27)24(11)14)8-31-15-20-21-22-23(15)6-5-10(18)25/h14H,5-8,19H2,1-4H3,(H2,18,25)/t14-,17+/m1/s1. The molecule has 0 unspecified atom stereocenters. The molecular weight excluding hydrogens is 446 g/mol. The van der Waals surface area contributed by atoms with E-state index in [4.69, 9.17) is 20.9 Å². The Balaban J connectivity index is 1.85. The number of esters is 1. The minimum absolute atomic E-state index is 0.0971. The molecule has 0 aliphatic carbocycles. The topological polar surface area (TPSA) is 169 Å². The monoisotopic (exact) mass is 471 g/mol. The molecule has 14 heteroatoms.